The van der Waals surface area contributed by atoms with Gasteiger partial charge in [-0.05, 0) is 42.4 Å². The van der Waals surface area contributed by atoms with Gasteiger partial charge in [0.15, 0.2) is 0 Å². The molecule has 2 aliphatic rings. The first-order chi connectivity index (χ1) is 13.7. The van der Waals surface area contributed by atoms with Crippen molar-refractivity contribution in [2.75, 3.05) is 19.7 Å². The number of hydrogen-bond donors (Lipinski definition) is 0. The van der Waals surface area contributed by atoms with Gasteiger partial charge in [-0.25, -0.2) is 5.70 Å². The molecule has 148 valence electrons. The Bertz CT molecular complexity index is 922. The van der Waals surface area contributed by atoms with E-state index in [2.05, 4.69) is 35.2 Å². The Hall–Kier alpha value is -1.21. The van der Waals surface area contributed by atoms with E-state index in [9.17, 15) is 0 Å². The van der Waals surface area contributed by atoms with Crippen molar-refractivity contribution in [3.8, 4) is 5.75 Å². The first kappa shape index (κ1) is 22.5. The third kappa shape index (κ3) is 5.10. The van der Waals surface area contributed by atoms with E-state index in [0.29, 0.717) is 23.6 Å². The smallest absolute Gasteiger partial charge is 1.00 e. The zero-order valence-electron chi connectivity index (χ0n) is 17.8. The van der Waals surface area contributed by atoms with Crippen molar-refractivity contribution in [3.63, 3.8) is 0 Å². The SMILES string of the molecule is CC[C@H]1c2cc(Cl)ccc2OC[C@@H]1N1C[C-]=C(N=[C-]c2ccccc2Cl)CC1.[H-].[Li+]. The summed E-state index contributed by atoms with van der Waals surface area (Å²) < 4.78 is 6.04. The van der Waals surface area contributed by atoms with Gasteiger partial charge in [-0.15, -0.1) is 35.8 Å². The molecule has 0 radical (unpaired) electrons. The topological polar surface area (TPSA) is 24.8 Å². The normalized spacial score (nSPS) is 21.8. The predicted octanol–water partition coefficient (Wildman–Crippen LogP) is 2.75. The Kier molecular flexibility index (Phi) is 7.90. The van der Waals surface area contributed by atoms with Crippen LogP contribution in [0.5, 0.6) is 5.75 Å². The van der Waals surface area contributed by atoms with E-state index >= 15 is 0 Å². The fourth-order valence-corrected chi connectivity index (χ4v) is 4.32. The Balaban J connectivity index is 0.00000160. The minimum absolute atomic E-state index is 0. The number of nitrogens with zero attached hydrogens (tertiary/aromatic N) is 2. The zero-order valence-corrected chi connectivity index (χ0v) is 18.3. The van der Waals surface area contributed by atoms with Crippen LogP contribution in [-0.4, -0.2) is 36.9 Å². The van der Waals surface area contributed by atoms with Crippen molar-refractivity contribution in [1.29, 1.82) is 0 Å². The standard InChI is InChI=1S/C23H22Cl2N2O.Li.H/c1-2-19-20-13-17(24)7-8-23(20)28-15-22(19)27-11-9-18(10-12-27)26-14-16-5-3-4-6-21(16)25;;/h3-8,13,19,22H,2,9,11-12,15H2,1H3;;/q-2;+1;-1/t19-,22-;;/m0../s1. The van der Waals surface area contributed by atoms with Crippen molar-refractivity contribution in [3.05, 3.63) is 75.4 Å². The van der Waals surface area contributed by atoms with E-state index in [1.54, 1.807) is 0 Å². The second kappa shape index (κ2) is 10.2. The van der Waals surface area contributed by atoms with Gasteiger partial charge in [0.25, 0.3) is 0 Å². The first-order valence-electron chi connectivity index (χ1n) is 9.63. The van der Waals surface area contributed by atoms with Gasteiger partial charge in [0.2, 0.25) is 0 Å². The summed E-state index contributed by atoms with van der Waals surface area (Å²) in [7, 11) is 0. The van der Waals surface area contributed by atoms with Gasteiger partial charge in [0, 0.05) is 22.5 Å². The van der Waals surface area contributed by atoms with E-state index in [1.165, 1.54) is 5.56 Å². The molecule has 29 heavy (non-hydrogen) atoms. The third-order valence-electron chi connectivity index (χ3n) is 5.46. The molecule has 0 spiro atoms. The summed E-state index contributed by atoms with van der Waals surface area (Å²) in [6.07, 6.45) is 8.37. The first-order valence-corrected chi connectivity index (χ1v) is 10.4. The molecule has 2 atom stereocenters. The molecule has 0 aliphatic carbocycles. The molecule has 2 aliphatic heterocycles. The number of benzene rings is 2. The molecule has 2 aromatic rings. The molecule has 0 unspecified atom stereocenters. The summed E-state index contributed by atoms with van der Waals surface area (Å²) in [5.74, 6) is 1.37. The molecule has 0 bridgehead atoms. The molecule has 0 amide bonds. The van der Waals surface area contributed by atoms with Crippen molar-refractivity contribution < 1.29 is 25.0 Å². The van der Waals surface area contributed by atoms with Crippen LogP contribution in [-0.2, 0) is 0 Å². The summed E-state index contributed by atoms with van der Waals surface area (Å²) >= 11 is 12.4. The molecule has 4 rings (SSSR count). The van der Waals surface area contributed by atoms with Crippen LogP contribution in [0.3, 0.4) is 0 Å². The van der Waals surface area contributed by atoms with E-state index in [-0.39, 0.29) is 20.3 Å². The number of aliphatic imine (C=N–C) groups is 1. The summed E-state index contributed by atoms with van der Waals surface area (Å²) in [5, 5.41) is 1.42. The van der Waals surface area contributed by atoms with Gasteiger partial charge in [0.1, 0.15) is 12.4 Å². The molecular formula is C23H23Cl2LiN2O-2. The molecule has 0 N–H and O–H groups in total. The van der Waals surface area contributed by atoms with Crippen LogP contribution in [0.15, 0.2) is 53.2 Å². The number of rotatable bonds is 4. The maximum absolute atomic E-state index is 6.23. The van der Waals surface area contributed by atoms with Gasteiger partial charge < -0.3 is 22.1 Å². The van der Waals surface area contributed by atoms with Gasteiger partial charge in [-0.1, -0.05) is 37.1 Å². The Labute approximate surface area is 196 Å². The maximum Gasteiger partial charge on any atom is 1.00 e. The van der Waals surface area contributed by atoms with Gasteiger partial charge in [-0.2, -0.15) is 0 Å². The van der Waals surface area contributed by atoms with Crippen LogP contribution < -0.4 is 23.6 Å². The van der Waals surface area contributed by atoms with Gasteiger partial charge in [0.05, 0.1) is 0 Å². The Morgan fingerprint density at radius 2 is 2.10 bits per heavy atom. The number of halogens is 2. The molecule has 0 saturated carbocycles. The fourth-order valence-electron chi connectivity index (χ4n) is 3.96. The van der Waals surface area contributed by atoms with Crippen LogP contribution in [0, 0.1) is 6.08 Å². The number of fused-ring (bicyclic) bond motifs is 1. The van der Waals surface area contributed by atoms with Crippen LogP contribution in [0.2, 0.25) is 10.0 Å². The second-order valence-electron chi connectivity index (χ2n) is 7.12. The molecule has 2 heterocycles. The van der Waals surface area contributed by atoms with Crippen molar-refractivity contribution >= 4 is 29.4 Å². The average molecular weight is 421 g/mol. The summed E-state index contributed by atoms with van der Waals surface area (Å²) in [6.45, 7) is 4.59. The predicted molar refractivity (Wildman–Crippen MR) is 116 cm³/mol. The molecule has 0 saturated heterocycles. The third-order valence-corrected chi connectivity index (χ3v) is 6.03. The molecule has 0 aromatic heterocycles. The maximum atomic E-state index is 6.23. The molecular weight excluding hydrogens is 398 g/mol. The van der Waals surface area contributed by atoms with Crippen molar-refractivity contribution in [2.45, 2.75) is 31.7 Å². The molecule has 6 heteroatoms. The van der Waals surface area contributed by atoms with Crippen LogP contribution in [0.1, 0.15) is 38.2 Å². The largest absolute Gasteiger partial charge is 1.00 e. The zero-order chi connectivity index (χ0) is 19.5. The van der Waals surface area contributed by atoms with Crippen LogP contribution >= 0.6 is 23.2 Å². The summed E-state index contributed by atoms with van der Waals surface area (Å²) in [4.78, 5) is 6.91. The van der Waals surface area contributed by atoms with E-state index in [4.69, 9.17) is 27.9 Å². The Morgan fingerprint density at radius 3 is 2.83 bits per heavy atom. The molecule has 0 fully saturated rings. The molecule has 2 aromatic carbocycles. The van der Waals surface area contributed by atoms with E-state index < -0.39 is 0 Å². The second-order valence-corrected chi connectivity index (χ2v) is 7.97. The van der Waals surface area contributed by atoms with Crippen molar-refractivity contribution in [1.82, 2.24) is 4.90 Å². The monoisotopic (exact) mass is 420 g/mol. The minimum Gasteiger partial charge on any atom is -1.00 e. The fraction of sp³-hybridized carbons (Fsp3) is 0.348. The minimum atomic E-state index is 0. The quantitative estimate of drug-likeness (QED) is 0.431. The van der Waals surface area contributed by atoms with Crippen molar-refractivity contribution in [2.24, 2.45) is 4.99 Å². The van der Waals surface area contributed by atoms with Gasteiger partial charge >= 0.3 is 18.9 Å². The average Bonchev–Trinajstić information content (AvgIpc) is 2.72. The van der Waals surface area contributed by atoms with Crippen LogP contribution in [0.4, 0.5) is 0 Å². The molecule has 3 nitrogen and oxygen atoms in total. The number of ether oxygens (including phenoxy) is 1. The summed E-state index contributed by atoms with van der Waals surface area (Å²) in [5.41, 5.74) is 2.96. The van der Waals surface area contributed by atoms with E-state index in [1.807, 2.05) is 36.4 Å². The summed E-state index contributed by atoms with van der Waals surface area (Å²) in [6, 6.07) is 13.8. The van der Waals surface area contributed by atoms with Gasteiger partial charge in [-0.3, -0.25) is 0 Å². The number of hydrogen-bond acceptors (Lipinski definition) is 3. The van der Waals surface area contributed by atoms with Crippen LogP contribution in [0.25, 0.3) is 0 Å². The Morgan fingerprint density at radius 1 is 1.28 bits per heavy atom. The van der Waals surface area contributed by atoms with E-state index in [0.717, 1.165) is 48.0 Å².